The first-order valence-electron chi connectivity index (χ1n) is 6.53. The Hall–Kier alpha value is -0.0800. The van der Waals surface area contributed by atoms with Gasteiger partial charge in [-0.25, -0.2) is 0 Å². The molecule has 2 aliphatic rings. The van der Waals surface area contributed by atoms with Gasteiger partial charge in [0.25, 0.3) is 0 Å². The van der Waals surface area contributed by atoms with E-state index >= 15 is 0 Å². The molecule has 15 heavy (non-hydrogen) atoms. The maximum atomic E-state index is 6.11. The van der Waals surface area contributed by atoms with E-state index in [0.29, 0.717) is 12.6 Å². The van der Waals surface area contributed by atoms with E-state index in [2.05, 4.69) is 13.8 Å². The Balaban J connectivity index is 1.96. The number of ether oxygens (including phenoxy) is 1. The summed E-state index contributed by atoms with van der Waals surface area (Å²) in [6.07, 6.45) is 8.32. The molecule has 88 valence electrons. The molecule has 2 unspecified atom stereocenters. The summed E-state index contributed by atoms with van der Waals surface area (Å²) in [6.45, 7) is 4.95. The van der Waals surface area contributed by atoms with E-state index in [-0.39, 0.29) is 5.60 Å². The van der Waals surface area contributed by atoms with Crippen molar-refractivity contribution in [3.63, 3.8) is 0 Å². The summed E-state index contributed by atoms with van der Waals surface area (Å²) in [5, 5.41) is 0. The number of rotatable bonds is 4. The van der Waals surface area contributed by atoms with Crippen molar-refractivity contribution in [1.82, 2.24) is 0 Å². The maximum Gasteiger partial charge on any atom is 0.0810 e. The predicted octanol–water partition coefficient (Wildman–Crippen LogP) is 2.71. The first-order valence-corrected chi connectivity index (χ1v) is 6.53. The van der Waals surface area contributed by atoms with Crippen molar-refractivity contribution < 1.29 is 4.74 Å². The topological polar surface area (TPSA) is 35.2 Å². The van der Waals surface area contributed by atoms with Gasteiger partial charge in [0.15, 0.2) is 0 Å². The molecule has 0 aromatic carbocycles. The van der Waals surface area contributed by atoms with Crippen molar-refractivity contribution in [3.8, 4) is 0 Å². The third-order valence-electron chi connectivity index (χ3n) is 3.99. The van der Waals surface area contributed by atoms with Crippen molar-refractivity contribution >= 4 is 0 Å². The summed E-state index contributed by atoms with van der Waals surface area (Å²) < 4.78 is 6.11. The van der Waals surface area contributed by atoms with E-state index in [4.69, 9.17) is 10.5 Å². The van der Waals surface area contributed by atoms with Crippen molar-refractivity contribution in [1.29, 1.82) is 0 Å². The van der Waals surface area contributed by atoms with E-state index in [1.165, 1.54) is 38.5 Å². The zero-order valence-corrected chi connectivity index (χ0v) is 10.2. The molecule has 0 aromatic rings. The van der Waals surface area contributed by atoms with Crippen LogP contribution in [0.15, 0.2) is 0 Å². The van der Waals surface area contributed by atoms with Crippen LogP contribution in [0.3, 0.4) is 0 Å². The molecular formula is C13H25NO. The summed E-state index contributed by atoms with van der Waals surface area (Å²) in [7, 11) is 0. The van der Waals surface area contributed by atoms with Gasteiger partial charge in [0, 0.05) is 6.54 Å². The third kappa shape index (κ3) is 2.73. The van der Waals surface area contributed by atoms with Crippen molar-refractivity contribution in [3.05, 3.63) is 0 Å². The van der Waals surface area contributed by atoms with Crippen LogP contribution in [0.5, 0.6) is 0 Å². The lowest BCUT2D eigenvalue weighted by Gasteiger charge is -2.41. The van der Waals surface area contributed by atoms with Crippen LogP contribution in [-0.2, 0) is 4.74 Å². The number of hydrogen-bond acceptors (Lipinski definition) is 2. The van der Waals surface area contributed by atoms with Gasteiger partial charge < -0.3 is 10.5 Å². The minimum atomic E-state index is 0.0136. The second kappa shape index (κ2) is 4.42. The van der Waals surface area contributed by atoms with Gasteiger partial charge in [-0.05, 0) is 57.8 Å². The average molecular weight is 211 g/mol. The van der Waals surface area contributed by atoms with Crippen molar-refractivity contribution in [2.75, 3.05) is 6.54 Å². The predicted molar refractivity (Wildman–Crippen MR) is 62.7 cm³/mol. The van der Waals surface area contributed by atoms with E-state index in [0.717, 1.165) is 11.8 Å². The van der Waals surface area contributed by atoms with E-state index in [1.807, 2.05) is 0 Å². The molecule has 2 heteroatoms. The fourth-order valence-corrected chi connectivity index (χ4v) is 3.18. The number of nitrogens with two attached hydrogens (primary N) is 1. The standard InChI is InChI=1S/C13H25NO/c1-10(2)15-13(9-14)7-3-4-12(8-13)11-5-6-11/h10-12H,3-9,14H2,1-2H3. The second-order valence-electron chi connectivity index (χ2n) is 5.75. The molecule has 2 nitrogen and oxygen atoms in total. The van der Waals surface area contributed by atoms with E-state index in [1.54, 1.807) is 0 Å². The maximum absolute atomic E-state index is 6.11. The average Bonchev–Trinajstić information content (AvgIpc) is 3.00. The fourth-order valence-electron chi connectivity index (χ4n) is 3.18. The van der Waals surface area contributed by atoms with Gasteiger partial charge in [-0.2, -0.15) is 0 Å². The highest BCUT2D eigenvalue weighted by atomic mass is 16.5. The highest BCUT2D eigenvalue weighted by Gasteiger charge is 2.42. The Morgan fingerprint density at radius 1 is 1.27 bits per heavy atom. The first-order chi connectivity index (χ1) is 7.15. The van der Waals surface area contributed by atoms with Gasteiger partial charge in [0.2, 0.25) is 0 Å². The zero-order valence-electron chi connectivity index (χ0n) is 10.2. The van der Waals surface area contributed by atoms with Gasteiger partial charge in [0.1, 0.15) is 0 Å². The van der Waals surface area contributed by atoms with Crippen LogP contribution >= 0.6 is 0 Å². The first kappa shape index (κ1) is 11.4. The molecule has 2 rings (SSSR count). The molecular weight excluding hydrogens is 186 g/mol. The minimum absolute atomic E-state index is 0.0136. The molecule has 2 N–H and O–H groups in total. The third-order valence-corrected chi connectivity index (χ3v) is 3.99. The van der Waals surface area contributed by atoms with Crippen molar-refractivity contribution in [2.45, 2.75) is 64.1 Å². The summed E-state index contributed by atoms with van der Waals surface area (Å²) in [6, 6.07) is 0. The minimum Gasteiger partial charge on any atom is -0.371 e. The molecule has 2 aliphatic carbocycles. The smallest absolute Gasteiger partial charge is 0.0810 e. The van der Waals surface area contributed by atoms with Crippen LogP contribution in [0.4, 0.5) is 0 Å². The summed E-state index contributed by atoms with van der Waals surface area (Å²) in [4.78, 5) is 0. The molecule has 0 radical (unpaired) electrons. The molecule has 0 heterocycles. The highest BCUT2D eigenvalue weighted by molar-refractivity contribution is 4.94. The summed E-state index contributed by atoms with van der Waals surface area (Å²) >= 11 is 0. The number of hydrogen-bond donors (Lipinski definition) is 1. The Kier molecular flexibility index (Phi) is 3.36. The Morgan fingerprint density at radius 3 is 2.53 bits per heavy atom. The highest BCUT2D eigenvalue weighted by Crippen LogP contribution is 2.47. The Bertz CT molecular complexity index is 213. The molecule has 0 amide bonds. The fraction of sp³-hybridized carbons (Fsp3) is 1.00. The quantitative estimate of drug-likeness (QED) is 0.776. The molecule has 0 aliphatic heterocycles. The SMILES string of the molecule is CC(C)OC1(CN)CCCC(C2CC2)C1. The lowest BCUT2D eigenvalue weighted by Crippen LogP contribution is -2.46. The van der Waals surface area contributed by atoms with Crippen LogP contribution in [0.1, 0.15) is 52.4 Å². The van der Waals surface area contributed by atoms with E-state index < -0.39 is 0 Å². The Morgan fingerprint density at radius 2 is 2.00 bits per heavy atom. The monoisotopic (exact) mass is 211 g/mol. The normalized spacial score (nSPS) is 37.2. The lowest BCUT2D eigenvalue weighted by atomic mass is 9.75. The molecule has 2 saturated carbocycles. The Labute approximate surface area is 93.6 Å². The molecule has 0 bridgehead atoms. The molecule has 0 spiro atoms. The van der Waals surface area contributed by atoms with Crippen LogP contribution in [-0.4, -0.2) is 18.2 Å². The van der Waals surface area contributed by atoms with Gasteiger partial charge in [0.05, 0.1) is 11.7 Å². The second-order valence-corrected chi connectivity index (χ2v) is 5.75. The van der Waals surface area contributed by atoms with Crippen LogP contribution in [0, 0.1) is 11.8 Å². The van der Waals surface area contributed by atoms with Gasteiger partial charge in [-0.15, -0.1) is 0 Å². The van der Waals surface area contributed by atoms with Gasteiger partial charge >= 0.3 is 0 Å². The van der Waals surface area contributed by atoms with Crippen LogP contribution in [0.2, 0.25) is 0 Å². The van der Waals surface area contributed by atoms with E-state index in [9.17, 15) is 0 Å². The molecule has 0 saturated heterocycles. The van der Waals surface area contributed by atoms with Crippen molar-refractivity contribution in [2.24, 2.45) is 17.6 Å². The zero-order chi connectivity index (χ0) is 10.9. The van der Waals surface area contributed by atoms with Crippen LogP contribution in [0.25, 0.3) is 0 Å². The molecule has 2 atom stereocenters. The largest absolute Gasteiger partial charge is 0.371 e. The molecule has 0 aromatic heterocycles. The van der Waals surface area contributed by atoms with Gasteiger partial charge in [-0.1, -0.05) is 6.42 Å². The molecule has 2 fully saturated rings. The lowest BCUT2D eigenvalue weighted by molar-refractivity contribution is -0.107. The summed E-state index contributed by atoms with van der Waals surface area (Å²) in [5.41, 5.74) is 5.96. The summed E-state index contributed by atoms with van der Waals surface area (Å²) in [5.74, 6) is 1.91. The van der Waals surface area contributed by atoms with Gasteiger partial charge in [-0.3, -0.25) is 0 Å². The van der Waals surface area contributed by atoms with Crippen LogP contribution < -0.4 is 5.73 Å².